The number of anilines is 1. The monoisotopic (exact) mass is 293 g/mol. The van der Waals surface area contributed by atoms with Crippen LogP contribution in [-0.2, 0) is 6.54 Å². The predicted molar refractivity (Wildman–Crippen MR) is 93.7 cm³/mol. The maximum absolute atomic E-state index is 4.78. The second-order valence-electron chi connectivity index (χ2n) is 5.90. The molecule has 0 bridgehead atoms. The van der Waals surface area contributed by atoms with Crippen LogP contribution in [-0.4, -0.2) is 16.1 Å². The van der Waals surface area contributed by atoms with Gasteiger partial charge in [0.05, 0.1) is 17.6 Å². The van der Waals surface area contributed by atoms with Gasteiger partial charge in [0.2, 0.25) is 5.95 Å². The lowest BCUT2D eigenvalue weighted by Gasteiger charge is -2.12. The summed E-state index contributed by atoms with van der Waals surface area (Å²) in [6.07, 6.45) is 0. The molecule has 0 atom stereocenters. The van der Waals surface area contributed by atoms with Crippen LogP contribution in [0.15, 0.2) is 36.4 Å². The van der Waals surface area contributed by atoms with Crippen molar-refractivity contribution in [1.29, 1.82) is 0 Å². The first-order valence-corrected chi connectivity index (χ1v) is 7.86. The smallest absolute Gasteiger partial charge is 0.204 e. The number of imidazole rings is 1. The summed E-state index contributed by atoms with van der Waals surface area (Å²) in [4.78, 5) is 4.78. The second-order valence-corrected chi connectivity index (χ2v) is 5.90. The van der Waals surface area contributed by atoms with Gasteiger partial charge in [0.15, 0.2) is 0 Å². The molecule has 114 valence electrons. The Morgan fingerprint density at radius 2 is 1.73 bits per heavy atom. The highest BCUT2D eigenvalue weighted by Crippen LogP contribution is 2.25. The first kappa shape index (κ1) is 14.6. The van der Waals surface area contributed by atoms with Crippen molar-refractivity contribution in [2.45, 2.75) is 34.2 Å². The quantitative estimate of drug-likeness (QED) is 0.770. The van der Waals surface area contributed by atoms with Gasteiger partial charge in [-0.25, -0.2) is 4.98 Å². The largest absolute Gasteiger partial charge is 0.356 e. The number of nitrogens with zero attached hydrogens (tertiary/aromatic N) is 2. The Labute approximate surface area is 132 Å². The SMILES string of the molecule is CCNc1nc2cc(C)c(C)cc2n1Cc1ccccc1C. The standard InChI is InChI=1S/C19H23N3/c1-5-20-19-21-17-10-14(3)15(4)11-18(17)22(19)12-16-9-7-6-8-13(16)2/h6-11H,5,12H2,1-4H3,(H,20,21). The van der Waals surface area contributed by atoms with Crippen molar-refractivity contribution in [3.63, 3.8) is 0 Å². The average molecular weight is 293 g/mol. The normalized spacial score (nSPS) is 11.1. The minimum atomic E-state index is 0.841. The number of nitrogens with one attached hydrogen (secondary N) is 1. The molecule has 1 heterocycles. The summed E-state index contributed by atoms with van der Waals surface area (Å²) in [7, 11) is 0. The highest BCUT2D eigenvalue weighted by atomic mass is 15.2. The third-order valence-electron chi connectivity index (χ3n) is 4.29. The van der Waals surface area contributed by atoms with Crippen molar-refractivity contribution >= 4 is 17.0 Å². The molecule has 0 aliphatic heterocycles. The van der Waals surface area contributed by atoms with E-state index in [4.69, 9.17) is 4.98 Å². The van der Waals surface area contributed by atoms with E-state index < -0.39 is 0 Å². The molecular weight excluding hydrogens is 270 g/mol. The van der Waals surface area contributed by atoms with E-state index in [0.717, 1.165) is 24.6 Å². The Kier molecular flexibility index (Phi) is 3.88. The summed E-state index contributed by atoms with van der Waals surface area (Å²) in [6.45, 7) is 10.3. The van der Waals surface area contributed by atoms with E-state index in [1.165, 1.54) is 27.8 Å². The lowest BCUT2D eigenvalue weighted by atomic mass is 10.1. The van der Waals surface area contributed by atoms with E-state index in [-0.39, 0.29) is 0 Å². The molecule has 0 aliphatic rings. The second kappa shape index (κ2) is 5.84. The minimum absolute atomic E-state index is 0.841. The first-order valence-electron chi connectivity index (χ1n) is 7.86. The number of hydrogen-bond acceptors (Lipinski definition) is 2. The predicted octanol–water partition coefficient (Wildman–Crippen LogP) is 4.44. The van der Waals surface area contributed by atoms with E-state index in [1.807, 2.05) is 0 Å². The summed E-state index contributed by atoms with van der Waals surface area (Å²) >= 11 is 0. The zero-order valence-corrected chi connectivity index (χ0v) is 13.8. The molecule has 3 rings (SSSR count). The molecule has 22 heavy (non-hydrogen) atoms. The maximum atomic E-state index is 4.78. The van der Waals surface area contributed by atoms with E-state index in [1.54, 1.807) is 0 Å². The van der Waals surface area contributed by atoms with Crippen LogP contribution in [0, 0.1) is 20.8 Å². The van der Waals surface area contributed by atoms with Crippen molar-refractivity contribution in [1.82, 2.24) is 9.55 Å². The lowest BCUT2D eigenvalue weighted by molar-refractivity contribution is 0.820. The number of aromatic nitrogens is 2. The van der Waals surface area contributed by atoms with Crippen LogP contribution < -0.4 is 5.32 Å². The zero-order chi connectivity index (χ0) is 15.7. The molecule has 0 fully saturated rings. The van der Waals surface area contributed by atoms with Crippen molar-refractivity contribution in [3.05, 3.63) is 58.7 Å². The van der Waals surface area contributed by atoms with Gasteiger partial charge in [0.25, 0.3) is 0 Å². The van der Waals surface area contributed by atoms with E-state index >= 15 is 0 Å². The van der Waals surface area contributed by atoms with Crippen LogP contribution in [0.25, 0.3) is 11.0 Å². The van der Waals surface area contributed by atoms with Crippen LogP contribution in [0.4, 0.5) is 5.95 Å². The highest BCUT2D eigenvalue weighted by molar-refractivity contribution is 5.80. The van der Waals surface area contributed by atoms with Gasteiger partial charge in [-0.15, -0.1) is 0 Å². The molecule has 3 nitrogen and oxygen atoms in total. The van der Waals surface area contributed by atoms with Crippen molar-refractivity contribution in [3.8, 4) is 0 Å². The van der Waals surface area contributed by atoms with Crippen molar-refractivity contribution in [2.24, 2.45) is 0 Å². The fourth-order valence-corrected chi connectivity index (χ4v) is 2.79. The molecule has 1 N–H and O–H groups in total. The van der Waals surface area contributed by atoms with Crippen LogP contribution in [0.3, 0.4) is 0 Å². The average Bonchev–Trinajstić information content (AvgIpc) is 2.80. The lowest BCUT2D eigenvalue weighted by Crippen LogP contribution is -2.08. The van der Waals surface area contributed by atoms with Gasteiger partial charge in [0.1, 0.15) is 0 Å². The molecule has 0 saturated carbocycles. The number of fused-ring (bicyclic) bond motifs is 1. The van der Waals surface area contributed by atoms with Gasteiger partial charge in [-0.05, 0) is 62.1 Å². The fourth-order valence-electron chi connectivity index (χ4n) is 2.79. The molecule has 1 aromatic heterocycles. The Bertz CT molecular complexity index is 815. The Hall–Kier alpha value is -2.29. The molecule has 0 unspecified atom stereocenters. The Balaban J connectivity index is 2.15. The van der Waals surface area contributed by atoms with Gasteiger partial charge in [-0.2, -0.15) is 0 Å². The van der Waals surface area contributed by atoms with E-state index in [9.17, 15) is 0 Å². The van der Waals surface area contributed by atoms with Crippen LogP contribution in [0.1, 0.15) is 29.2 Å². The highest BCUT2D eigenvalue weighted by Gasteiger charge is 2.12. The van der Waals surface area contributed by atoms with Gasteiger partial charge < -0.3 is 9.88 Å². The summed E-state index contributed by atoms with van der Waals surface area (Å²) < 4.78 is 2.29. The van der Waals surface area contributed by atoms with Crippen LogP contribution >= 0.6 is 0 Å². The van der Waals surface area contributed by atoms with Gasteiger partial charge in [-0.1, -0.05) is 24.3 Å². The molecule has 0 aliphatic carbocycles. The summed E-state index contributed by atoms with van der Waals surface area (Å²) in [5.74, 6) is 0.950. The molecule has 3 aromatic rings. The first-order chi connectivity index (χ1) is 10.6. The number of rotatable bonds is 4. The molecule has 0 spiro atoms. The Morgan fingerprint density at radius 1 is 1.00 bits per heavy atom. The fraction of sp³-hybridized carbons (Fsp3) is 0.316. The molecule has 0 radical (unpaired) electrons. The van der Waals surface area contributed by atoms with Crippen LogP contribution in [0.2, 0.25) is 0 Å². The molecular formula is C19H23N3. The summed E-state index contributed by atoms with van der Waals surface area (Å²) in [5, 5.41) is 3.40. The van der Waals surface area contributed by atoms with Crippen molar-refractivity contribution < 1.29 is 0 Å². The van der Waals surface area contributed by atoms with E-state index in [2.05, 4.69) is 74.0 Å². The van der Waals surface area contributed by atoms with Gasteiger partial charge in [0, 0.05) is 6.54 Å². The molecule has 0 amide bonds. The molecule has 2 aromatic carbocycles. The van der Waals surface area contributed by atoms with E-state index in [0.29, 0.717) is 0 Å². The third-order valence-corrected chi connectivity index (χ3v) is 4.29. The number of hydrogen-bond donors (Lipinski definition) is 1. The maximum Gasteiger partial charge on any atom is 0.204 e. The Morgan fingerprint density at radius 3 is 2.45 bits per heavy atom. The van der Waals surface area contributed by atoms with Crippen LogP contribution in [0.5, 0.6) is 0 Å². The topological polar surface area (TPSA) is 29.9 Å². The van der Waals surface area contributed by atoms with Gasteiger partial charge >= 0.3 is 0 Å². The van der Waals surface area contributed by atoms with Crippen molar-refractivity contribution in [2.75, 3.05) is 11.9 Å². The number of aryl methyl sites for hydroxylation is 3. The summed E-state index contributed by atoms with van der Waals surface area (Å²) in [6, 6.07) is 13.0. The zero-order valence-electron chi connectivity index (χ0n) is 13.8. The molecule has 3 heteroatoms. The third kappa shape index (κ3) is 2.59. The molecule has 0 saturated heterocycles. The number of benzene rings is 2. The van der Waals surface area contributed by atoms with Gasteiger partial charge in [-0.3, -0.25) is 0 Å². The summed E-state index contributed by atoms with van der Waals surface area (Å²) in [5.41, 5.74) is 7.50. The minimum Gasteiger partial charge on any atom is -0.356 e.